The number of benzene rings is 1. The molecule has 0 saturated heterocycles. The van der Waals surface area contributed by atoms with Crippen LogP contribution in [0.15, 0.2) is 18.2 Å². The van der Waals surface area contributed by atoms with Gasteiger partial charge in [0.1, 0.15) is 5.82 Å². The predicted octanol–water partition coefficient (Wildman–Crippen LogP) is 2.85. The molecule has 0 aliphatic heterocycles. The van der Waals surface area contributed by atoms with Gasteiger partial charge in [0.2, 0.25) is 0 Å². The van der Waals surface area contributed by atoms with E-state index >= 15 is 0 Å². The molecule has 1 aromatic rings. The van der Waals surface area contributed by atoms with Crippen LogP contribution < -0.4 is 5.73 Å². The molecule has 0 aliphatic carbocycles. The molecular formula is C13H20FNO. The molecule has 2 N–H and O–H groups in total. The van der Waals surface area contributed by atoms with Crippen LogP contribution in [-0.2, 0) is 17.9 Å². The molecular weight excluding hydrogens is 205 g/mol. The number of nitrogens with two attached hydrogens (primary N) is 1. The first-order valence-corrected chi connectivity index (χ1v) is 5.63. The highest BCUT2D eigenvalue weighted by molar-refractivity contribution is 5.27. The maximum atomic E-state index is 13.0. The molecule has 3 heteroatoms. The second kappa shape index (κ2) is 5.97. The first kappa shape index (κ1) is 13.1. The van der Waals surface area contributed by atoms with Crippen LogP contribution in [-0.4, -0.2) is 6.10 Å². The second-order valence-corrected chi connectivity index (χ2v) is 4.38. The second-order valence-electron chi connectivity index (χ2n) is 4.38. The van der Waals surface area contributed by atoms with Gasteiger partial charge in [-0.25, -0.2) is 4.39 Å². The van der Waals surface area contributed by atoms with Crippen molar-refractivity contribution in [3.63, 3.8) is 0 Å². The normalized spacial score (nSPS) is 13.1. The number of halogens is 1. The van der Waals surface area contributed by atoms with Gasteiger partial charge >= 0.3 is 0 Å². The quantitative estimate of drug-likeness (QED) is 0.836. The zero-order valence-corrected chi connectivity index (χ0v) is 10.2. The predicted molar refractivity (Wildman–Crippen MR) is 63.4 cm³/mol. The van der Waals surface area contributed by atoms with Gasteiger partial charge in [0.25, 0.3) is 0 Å². The summed E-state index contributed by atoms with van der Waals surface area (Å²) in [4.78, 5) is 0. The monoisotopic (exact) mass is 225 g/mol. The van der Waals surface area contributed by atoms with Crippen molar-refractivity contribution in [2.24, 2.45) is 11.7 Å². The van der Waals surface area contributed by atoms with Crippen LogP contribution in [0, 0.1) is 11.7 Å². The fourth-order valence-corrected chi connectivity index (χ4v) is 1.34. The fourth-order valence-electron chi connectivity index (χ4n) is 1.34. The Morgan fingerprint density at radius 2 is 1.94 bits per heavy atom. The van der Waals surface area contributed by atoms with Crippen molar-refractivity contribution in [1.82, 2.24) is 0 Å². The van der Waals surface area contributed by atoms with Gasteiger partial charge in [-0.15, -0.1) is 0 Å². The molecule has 0 spiro atoms. The Hall–Kier alpha value is -0.930. The van der Waals surface area contributed by atoms with E-state index in [4.69, 9.17) is 10.5 Å². The molecule has 0 aliphatic rings. The molecule has 0 bridgehead atoms. The summed E-state index contributed by atoms with van der Waals surface area (Å²) in [7, 11) is 0. The van der Waals surface area contributed by atoms with Gasteiger partial charge in [0, 0.05) is 6.54 Å². The maximum absolute atomic E-state index is 13.0. The Morgan fingerprint density at radius 3 is 2.50 bits per heavy atom. The van der Waals surface area contributed by atoms with Crippen molar-refractivity contribution in [2.45, 2.75) is 40.0 Å². The van der Waals surface area contributed by atoms with Gasteiger partial charge in [-0.05, 0) is 36.1 Å². The summed E-state index contributed by atoms with van der Waals surface area (Å²) in [6, 6.07) is 4.65. The average Bonchev–Trinajstić information content (AvgIpc) is 2.26. The van der Waals surface area contributed by atoms with Crippen LogP contribution in [0.3, 0.4) is 0 Å². The minimum Gasteiger partial charge on any atom is -0.374 e. The van der Waals surface area contributed by atoms with E-state index in [2.05, 4.69) is 13.8 Å². The lowest BCUT2D eigenvalue weighted by atomic mass is 10.1. The third kappa shape index (κ3) is 3.58. The standard InChI is InChI=1S/C13H20FNO/c1-9(2)10(3)16-8-11-4-5-13(14)6-12(11)7-15/h4-6,9-10H,7-8,15H2,1-3H3. The van der Waals surface area contributed by atoms with Crippen LogP contribution in [0.4, 0.5) is 4.39 Å². The van der Waals surface area contributed by atoms with E-state index in [9.17, 15) is 4.39 Å². The maximum Gasteiger partial charge on any atom is 0.123 e. The molecule has 0 aromatic heterocycles. The smallest absolute Gasteiger partial charge is 0.123 e. The lowest BCUT2D eigenvalue weighted by Crippen LogP contribution is -2.16. The average molecular weight is 225 g/mol. The summed E-state index contributed by atoms with van der Waals surface area (Å²) in [5.41, 5.74) is 7.35. The van der Waals surface area contributed by atoms with Gasteiger partial charge in [-0.2, -0.15) is 0 Å². The third-order valence-corrected chi connectivity index (χ3v) is 2.83. The summed E-state index contributed by atoms with van der Waals surface area (Å²) in [6.45, 7) is 7.09. The number of hydrogen-bond donors (Lipinski definition) is 1. The lowest BCUT2D eigenvalue weighted by Gasteiger charge is -2.17. The van der Waals surface area contributed by atoms with Crippen molar-refractivity contribution < 1.29 is 9.13 Å². The molecule has 0 heterocycles. The SMILES string of the molecule is CC(C)C(C)OCc1ccc(F)cc1CN. The molecule has 90 valence electrons. The number of rotatable bonds is 5. The molecule has 0 amide bonds. The molecule has 0 fully saturated rings. The van der Waals surface area contributed by atoms with Gasteiger partial charge < -0.3 is 10.5 Å². The summed E-state index contributed by atoms with van der Waals surface area (Å²) >= 11 is 0. The number of hydrogen-bond acceptors (Lipinski definition) is 2. The van der Waals surface area contributed by atoms with Crippen molar-refractivity contribution in [3.8, 4) is 0 Å². The Morgan fingerprint density at radius 1 is 1.25 bits per heavy atom. The van der Waals surface area contributed by atoms with Crippen molar-refractivity contribution in [2.75, 3.05) is 0 Å². The molecule has 0 saturated carbocycles. The van der Waals surface area contributed by atoms with E-state index in [1.165, 1.54) is 12.1 Å². The van der Waals surface area contributed by atoms with Crippen LogP contribution in [0.2, 0.25) is 0 Å². The Balaban J connectivity index is 2.66. The summed E-state index contributed by atoms with van der Waals surface area (Å²) < 4.78 is 18.7. The minimum absolute atomic E-state index is 0.190. The van der Waals surface area contributed by atoms with Crippen LogP contribution in [0.25, 0.3) is 0 Å². The van der Waals surface area contributed by atoms with Gasteiger partial charge in [-0.1, -0.05) is 19.9 Å². The Kier molecular flexibility index (Phi) is 4.90. The summed E-state index contributed by atoms with van der Waals surface area (Å²) in [6.07, 6.45) is 0.190. The van der Waals surface area contributed by atoms with Gasteiger partial charge in [-0.3, -0.25) is 0 Å². The minimum atomic E-state index is -0.249. The molecule has 0 radical (unpaired) electrons. The zero-order chi connectivity index (χ0) is 12.1. The number of ether oxygens (including phenoxy) is 1. The largest absolute Gasteiger partial charge is 0.374 e. The molecule has 1 rings (SSSR count). The van der Waals surface area contributed by atoms with Crippen molar-refractivity contribution in [1.29, 1.82) is 0 Å². The Bertz CT molecular complexity index is 339. The molecule has 1 aromatic carbocycles. The lowest BCUT2D eigenvalue weighted by molar-refractivity contribution is 0.0231. The van der Waals surface area contributed by atoms with E-state index in [1.54, 1.807) is 6.07 Å². The molecule has 1 unspecified atom stereocenters. The molecule has 2 nitrogen and oxygen atoms in total. The summed E-state index contributed by atoms with van der Waals surface area (Å²) in [5, 5.41) is 0. The highest BCUT2D eigenvalue weighted by atomic mass is 19.1. The summed E-state index contributed by atoms with van der Waals surface area (Å²) in [5.74, 6) is 0.225. The zero-order valence-electron chi connectivity index (χ0n) is 10.2. The molecule has 1 atom stereocenters. The first-order chi connectivity index (χ1) is 7.54. The van der Waals surface area contributed by atoms with Crippen LogP contribution in [0.5, 0.6) is 0 Å². The molecule has 16 heavy (non-hydrogen) atoms. The van der Waals surface area contributed by atoms with E-state index in [1.807, 2.05) is 6.92 Å². The highest BCUT2D eigenvalue weighted by Gasteiger charge is 2.09. The van der Waals surface area contributed by atoms with E-state index in [-0.39, 0.29) is 11.9 Å². The topological polar surface area (TPSA) is 35.2 Å². The third-order valence-electron chi connectivity index (χ3n) is 2.83. The van der Waals surface area contributed by atoms with E-state index < -0.39 is 0 Å². The highest BCUT2D eigenvalue weighted by Crippen LogP contribution is 2.15. The van der Waals surface area contributed by atoms with Crippen LogP contribution >= 0.6 is 0 Å². The van der Waals surface area contributed by atoms with Crippen molar-refractivity contribution in [3.05, 3.63) is 35.1 Å². The Labute approximate surface area is 96.6 Å². The van der Waals surface area contributed by atoms with Gasteiger partial charge in [0.05, 0.1) is 12.7 Å². The van der Waals surface area contributed by atoms with Crippen molar-refractivity contribution >= 4 is 0 Å². The first-order valence-electron chi connectivity index (χ1n) is 5.63. The van der Waals surface area contributed by atoms with E-state index in [0.29, 0.717) is 19.1 Å². The fraction of sp³-hybridized carbons (Fsp3) is 0.538. The van der Waals surface area contributed by atoms with Gasteiger partial charge in [0.15, 0.2) is 0 Å². The van der Waals surface area contributed by atoms with Crippen LogP contribution in [0.1, 0.15) is 31.9 Å². The van der Waals surface area contributed by atoms with E-state index in [0.717, 1.165) is 11.1 Å².